The van der Waals surface area contributed by atoms with E-state index in [1.165, 1.54) is 19.2 Å². The van der Waals surface area contributed by atoms with Crippen molar-refractivity contribution in [3.8, 4) is 5.75 Å². The van der Waals surface area contributed by atoms with Gasteiger partial charge in [-0.2, -0.15) is 13.2 Å². The Bertz CT molecular complexity index is 1340. The van der Waals surface area contributed by atoms with E-state index in [-0.39, 0.29) is 29.3 Å². The lowest BCUT2D eigenvalue weighted by Crippen LogP contribution is -2.11. The summed E-state index contributed by atoms with van der Waals surface area (Å²) in [5.41, 5.74) is 1.54. The summed E-state index contributed by atoms with van der Waals surface area (Å²) in [6.45, 7) is 3.85. The number of ether oxygens (including phenoxy) is 1. The Labute approximate surface area is 182 Å². The van der Waals surface area contributed by atoms with Crippen LogP contribution in [-0.4, -0.2) is 22.8 Å². The summed E-state index contributed by atoms with van der Waals surface area (Å²) >= 11 is 0. The molecule has 32 heavy (non-hydrogen) atoms. The highest BCUT2D eigenvalue weighted by Gasteiger charge is 2.33. The molecule has 4 nitrogen and oxygen atoms in total. The zero-order valence-corrected chi connectivity index (χ0v) is 17.8. The smallest absolute Gasteiger partial charge is 0.416 e. The average Bonchev–Trinajstić information content (AvgIpc) is 3.07. The highest BCUT2D eigenvalue weighted by atomic mass is 19.4. The lowest BCUT2D eigenvalue weighted by molar-refractivity contribution is -0.138. The number of phenols is 1. The van der Waals surface area contributed by atoms with Crippen LogP contribution in [0.15, 0.2) is 54.6 Å². The van der Waals surface area contributed by atoms with Gasteiger partial charge in [0.25, 0.3) is 0 Å². The molecule has 0 radical (unpaired) electrons. The molecule has 0 aliphatic carbocycles. The first-order valence-corrected chi connectivity index (χ1v) is 10.1. The monoisotopic (exact) mass is 441 g/mol. The van der Waals surface area contributed by atoms with Gasteiger partial charge in [0.2, 0.25) is 0 Å². The molecule has 0 saturated carbocycles. The largest absolute Gasteiger partial charge is 0.507 e. The van der Waals surface area contributed by atoms with E-state index < -0.39 is 17.7 Å². The van der Waals surface area contributed by atoms with Crippen molar-refractivity contribution in [3.05, 3.63) is 76.9 Å². The minimum atomic E-state index is -4.50. The van der Waals surface area contributed by atoms with Crippen LogP contribution in [-0.2, 0) is 17.5 Å². The van der Waals surface area contributed by atoms with E-state index in [0.717, 1.165) is 11.6 Å². The molecule has 0 atom stereocenters. The summed E-state index contributed by atoms with van der Waals surface area (Å²) in [4.78, 5) is 12.4. The summed E-state index contributed by atoms with van der Waals surface area (Å²) in [5.74, 6) is -0.535. The van der Waals surface area contributed by atoms with Gasteiger partial charge in [-0.3, -0.25) is 0 Å². The third-order valence-electron chi connectivity index (χ3n) is 5.72. The second-order valence-corrected chi connectivity index (χ2v) is 8.02. The van der Waals surface area contributed by atoms with Crippen molar-refractivity contribution in [2.75, 3.05) is 7.11 Å². The Morgan fingerprint density at radius 3 is 2.41 bits per heavy atom. The van der Waals surface area contributed by atoms with Crippen molar-refractivity contribution in [3.63, 3.8) is 0 Å². The van der Waals surface area contributed by atoms with E-state index in [9.17, 15) is 23.1 Å². The number of alkyl halides is 3. The van der Waals surface area contributed by atoms with Crippen molar-refractivity contribution in [2.45, 2.75) is 32.5 Å². The number of esters is 1. The van der Waals surface area contributed by atoms with E-state index in [1.54, 1.807) is 34.9 Å². The number of fused-ring (bicyclic) bond motifs is 3. The summed E-state index contributed by atoms with van der Waals surface area (Å²) in [7, 11) is 1.26. The molecule has 1 N–H and O–H groups in total. The Kier molecular flexibility index (Phi) is 5.36. The summed E-state index contributed by atoms with van der Waals surface area (Å²) < 4.78 is 47.6. The minimum Gasteiger partial charge on any atom is -0.507 e. The molecule has 7 heteroatoms. The molecule has 4 aromatic rings. The number of aromatic nitrogens is 1. The molecule has 0 aliphatic rings. The van der Waals surface area contributed by atoms with Crippen molar-refractivity contribution in [1.82, 2.24) is 4.57 Å². The molecule has 0 aliphatic heterocycles. The molecule has 0 amide bonds. The first kappa shape index (κ1) is 21.7. The summed E-state index contributed by atoms with van der Waals surface area (Å²) in [6, 6.07) is 13.9. The fourth-order valence-corrected chi connectivity index (χ4v) is 4.15. The molecule has 166 valence electrons. The Hall–Kier alpha value is -3.48. The first-order valence-electron chi connectivity index (χ1n) is 10.1. The standard InChI is InChI=1S/C25H22F3NO3/c1-14(2)16-11-20-23(21(30)12-16)22-17(24(31)32-3)8-6-10-19(22)29(20)13-15-7-4-5-9-18(15)25(26,27)28/h4-12,14,30H,13H2,1-3H3. The number of hydrogen-bond acceptors (Lipinski definition) is 3. The van der Waals surface area contributed by atoms with Gasteiger partial charge in [0, 0.05) is 11.9 Å². The molecule has 0 saturated heterocycles. The number of halogens is 3. The van der Waals surface area contributed by atoms with Crippen LogP contribution in [0.1, 0.15) is 46.8 Å². The molecule has 1 aromatic heterocycles. The van der Waals surface area contributed by atoms with Crippen LogP contribution in [0, 0.1) is 0 Å². The highest BCUT2D eigenvalue weighted by molar-refractivity contribution is 6.19. The maximum Gasteiger partial charge on any atom is 0.416 e. The zero-order chi connectivity index (χ0) is 23.2. The fraction of sp³-hybridized carbons (Fsp3) is 0.240. The van der Waals surface area contributed by atoms with Crippen LogP contribution in [0.25, 0.3) is 21.8 Å². The van der Waals surface area contributed by atoms with Crippen molar-refractivity contribution in [2.24, 2.45) is 0 Å². The van der Waals surface area contributed by atoms with Crippen LogP contribution < -0.4 is 0 Å². The second-order valence-electron chi connectivity index (χ2n) is 8.02. The minimum absolute atomic E-state index is 0.0320. The van der Waals surface area contributed by atoms with Gasteiger partial charge in [-0.1, -0.05) is 38.1 Å². The number of benzene rings is 3. The van der Waals surface area contributed by atoms with Gasteiger partial charge in [-0.15, -0.1) is 0 Å². The lowest BCUT2D eigenvalue weighted by atomic mass is 9.99. The fourth-order valence-electron chi connectivity index (χ4n) is 4.15. The van der Waals surface area contributed by atoms with Gasteiger partial charge in [0.05, 0.1) is 34.7 Å². The Balaban J connectivity index is 2.09. The lowest BCUT2D eigenvalue weighted by Gasteiger charge is -2.15. The Morgan fingerprint density at radius 1 is 1.03 bits per heavy atom. The molecule has 0 unspecified atom stereocenters. The third kappa shape index (κ3) is 3.57. The summed E-state index contributed by atoms with van der Waals surface area (Å²) in [5, 5.41) is 11.8. The van der Waals surface area contributed by atoms with E-state index >= 15 is 0 Å². The topological polar surface area (TPSA) is 51.5 Å². The number of aromatic hydroxyl groups is 1. The molecular weight excluding hydrogens is 419 g/mol. The van der Waals surface area contributed by atoms with E-state index in [2.05, 4.69) is 0 Å². The number of carbonyl (C=O) groups excluding carboxylic acids is 1. The van der Waals surface area contributed by atoms with E-state index in [0.29, 0.717) is 21.8 Å². The van der Waals surface area contributed by atoms with Crippen LogP contribution in [0.4, 0.5) is 13.2 Å². The Morgan fingerprint density at radius 2 is 1.75 bits per heavy atom. The first-order chi connectivity index (χ1) is 15.1. The molecule has 3 aromatic carbocycles. The van der Waals surface area contributed by atoms with E-state index in [4.69, 9.17) is 4.74 Å². The maximum atomic E-state index is 13.6. The van der Waals surface area contributed by atoms with Crippen molar-refractivity contribution < 1.29 is 27.8 Å². The van der Waals surface area contributed by atoms with Crippen molar-refractivity contribution >= 4 is 27.8 Å². The van der Waals surface area contributed by atoms with Gasteiger partial charge in [-0.25, -0.2) is 4.79 Å². The number of phenolic OH excluding ortho intramolecular Hbond substituents is 1. The van der Waals surface area contributed by atoms with Gasteiger partial charge in [0.15, 0.2) is 0 Å². The third-order valence-corrected chi connectivity index (χ3v) is 5.72. The summed E-state index contributed by atoms with van der Waals surface area (Å²) in [6.07, 6.45) is -4.50. The van der Waals surface area contributed by atoms with Crippen LogP contribution in [0.5, 0.6) is 5.75 Å². The van der Waals surface area contributed by atoms with Gasteiger partial charge < -0.3 is 14.4 Å². The van der Waals surface area contributed by atoms with E-state index in [1.807, 2.05) is 19.9 Å². The molecule has 0 spiro atoms. The molecule has 0 fully saturated rings. The average molecular weight is 441 g/mol. The molecule has 1 heterocycles. The van der Waals surface area contributed by atoms with Crippen LogP contribution in [0.3, 0.4) is 0 Å². The molecule has 4 rings (SSSR count). The highest BCUT2D eigenvalue weighted by Crippen LogP contribution is 2.41. The predicted molar refractivity (Wildman–Crippen MR) is 117 cm³/mol. The number of hydrogen-bond donors (Lipinski definition) is 1. The van der Waals surface area contributed by atoms with Crippen molar-refractivity contribution in [1.29, 1.82) is 0 Å². The number of rotatable bonds is 4. The quantitative estimate of drug-likeness (QED) is 0.369. The predicted octanol–water partition coefficient (Wildman–Crippen LogP) is 6.48. The normalized spacial score (nSPS) is 12.1. The second kappa shape index (κ2) is 7.89. The van der Waals surface area contributed by atoms with Gasteiger partial charge in [0.1, 0.15) is 5.75 Å². The number of nitrogens with zero attached hydrogens (tertiary/aromatic N) is 1. The number of methoxy groups -OCH3 is 1. The number of carbonyl (C=O) groups is 1. The molecule has 0 bridgehead atoms. The zero-order valence-electron chi connectivity index (χ0n) is 17.8. The maximum absolute atomic E-state index is 13.6. The van der Waals surface area contributed by atoms with Gasteiger partial charge in [-0.05, 0) is 47.4 Å². The van der Waals surface area contributed by atoms with Gasteiger partial charge >= 0.3 is 12.1 Å². The van der Waals surface area contributed by atoms with Crippen LogP contribution >= 0.6 is 0 Å². The molecular formula is C25H22F3NO3. The SMILES string of the molecule is COC(=O)c1cccc2c1c1c(O)cc(C(C)C)cc1n2Cc1ccccc1C(F)(F)F. The van der Waals surface area contributed by atoms with Crippen LogP contribution in [0.2, 0.25) is 0 Å².